The van der Waals surface area contributed by atoms with Crippen LogP contribution in [0.25, 0.3) is 0 Å². The maximum absolute atomic E-state index is 9.03. The number of nitrogens with zero attached hydrogens (tertiary/aromatic N) is 1. The van der Waals surface area contributed by atoms with Crippen molar-refractivity contribution in [1.29, 1.82) is 5.26 Å². The first-order valence-corrected chi connectivity index (χ1v) is 3.98. The number of hydrogen-bond acceptors (Lipinski definition) is 2. The van der Waals surface area contributed by atoms with Crippen LogP contribution < -0.4 is 0 Å². The normalized spacial score (nSPS) is 12.0. The van der Waals surface area contributed by atoms with Gasteiger partial charge in [0.05, 0.1) is 6.07 Å². The van der Waals surface area contributed by atoms with Gasteiger partial charge in [0.25, 0.3) is 0 Å². The third-order valence-corrected chi connectivity index (χ3v) is 2.01. The Bertz CT molecular complexity index is 292. The zero-order valence-electron chi connectivity index (χ0n) is 5.66. The summed E-state index contributed by atoms with van der Waals surface area (Å²) in [5.74, 6) is 0.183. The minimum atomic E-state index is -0.338. The molecular formula is C8H6BrNO. The lowest BCUT2D eigenvalue weighted by atomic mass is 10.2. The van der Waals surface area contributed by atoms with Gasteiger partial charge in [-0.3, -0.25) is 0 Å². The molecule has 0 fully saturated rings. The number of nitriles is 1. The number of rotatable bonds is 1. The summed E-state index contributed by atoms with van der Waals surface area (Å²) in [7, 11) is 0. The molecule has 0 aliphatic heterocycles. The molecule has 1 aromatic carbocycles. The van der Waals surface area contributed by atoms with Crippen LogP contribution in [0.3, 0.4) is 0 Å². The lowest BCUT2D eigenvalue weighted by molar-refractivity contribution is 0.474. The molecule has 0 aliphatic carbocycles. The lowest BCUT2D eigenvalue weighted by Gasteiger charge is -1.99. The van der Waals surface area contributed by atoms with E-state index in [-0.39, 0.29) is 10.6 Å². The van der Waals surface area contributed by atoms with Crippen LogP contribution in [-0.2, 0) is 0 Å². The summed E-state index contributed by atoms with van der Waals surface area (Å²) in [4.78, 5) is -0.338. The SMILES string of the molecule is N#CC(Br)c1cccc(O)c1. The molecule has 0 bridgehead atoms. The Morgan fingerprint density at radius 1 is 1.55 bits per heavy atom. The van der Waals surface area contributed by atoms with Crippen LogP contribution in [0, 0.1) is 11.3 Å². The van der Waals surface area contributed by atoms with Crippen molar-refractivity contribution in [3.8, 4) is 11.8 Å². The molecule has 3 heteroatoms. The van der Waals surface area contributed by atoms with E-state index in [1.165, 1.54) is 0 Å². The van der Waals surface area contributed by atoms with E-state index in [9.17, 15) is 0 Å². The molecule has 2 nitrogen and oxygen atoms in total. The van der Waals surface area contributed by atoms with Gasteiger partial charge >= 0.3 is 0 Å². The zero-order chi connectivity index (χ0) is 8.27. The highest BCUT2D eigenvalue weighted by Gasteiger charge is 2.04. The van der Waals surface area contributed by atoms with Gasteiger partial charge in [0.1, 0.15) is 10.6 Å². The molecule has 11 heavy (non-hydrogen) atoms. The number of aromatic hydroxyl groups is 1. The molecule has 0 radical (unpaired) electrons. The molecule has 1 rings (SSSR count). The maximum Gasteiger partial charge on any atom is 0.126 e. The minimum absolute atomic E-state index is 0.183. The fourth-order valence-electron chi connectivity index (χ4n) is 0.757. The smallest absolute Gasteiger partial charge is 0.126 e. The second-order valence-corrected chi connectivity index (χ2v) is 3.00. The summed E-state index contributed by atoms with van der Waals surface area (Å²) in [5.41, 5.74) is 0.771. The van der Waals surface area contributed by atoms with Crippen molar-refractivity contribution in [3.63, 3.8) is 0 Å². The molecule has 1 N–H and O–H groups in total. The van der Waals surface area contributed by atoms with Gasteiger partial charge in [0.2, 0.25) is 0 Å². The summed E-state index contributed by atoms with van der Waals surface area (Å²) < 4.78 is 0. The van der Waals surface area contributed by atoms with Crippen LogP contribution in [0.15, 0.2) is 24.3 Å². The van der Waals surface area contributed by atoms with Crippen molar-refractivity contribution in [3.05, 3.63) is 29.8 Å². The summed E-state index contributed by atoms with van der Waals surface area (Å²) in [5, 5.41) is 17.5. The Morgan fingerprint density at radius 3 is 2.82 bits per heavy atom. The molecule has 1 atom stereocenters. The summed E-state index contributed by atoms with van der Waals surface area (Å²) >= 11 is 3.15. The van der Waals surface area contributed by atoms with Crippen molar-refractivity contribution in [2.45, 2.75) is 4.83 Å². The third-order valence-electron chi connectivity index (χ3n) is 1.28. The first kappa shape index (κ1) is 8.09. The van der Waals surface area contributed by atoms with E-state index >= 15 is 0 Å². The molecule has 0 aromatic heterocycles. The number of alkyl halides is 1. The van der Waals surface area contributed by atoms with Crippen molar-refractivity contribution in [2.24, 2.45) is 0 Å². The molecule has 0 amide bonds. The molecule has 0 spiro atoms. The minimum Gasteiger partial charge on any atom is -0.508 e. The topological polar surface area (TPSA) is 44.0 Å². The van der Waals surface area contributed by atoms with E-state index in [4.69, 9.17) is 10.4 Å². The predicted molar refractivity (Wildman–Crippen MR) is 45.4 cm³/mol. The molecule has 56 valence electrons. The average Bonchev–Trinajstić information content (AvgIpc) is 2.03. The van der Waals surface area contributed by atoms with Crippen LogP contribution in [0.2, 0.25) is 0 Å². The van der Waals surface area contributed by atoms with Gasteiger partial charge in [-0.25, -0.2) is 0 Å². The molecule has 0 saturated heterocycles. The predicted octanol–water partition coefficient (Wildman–Crippen LogP) is 2.35. The number of hydrogen-bond donors (Lipinski definition) is 1. The molecular weight excluding hydrogens is 206 g/mol. The molecule has 0 heterocycles. The Kier molecular flexibility index (Phi) is 2.50. The van der Waals surface area contributed by atoms with Gasteiger partial charge in [-0.1, -0.05) is 28.1 Å². The molecule has 1 unspecified atom stereocenters. The Hall–Kier alpha value is -1.01. The fourth-order valence-corrected chi connectivity index (χ4v) is 1.04. The first-order chi connectivity index (χ1) is 5.24. The average molecular weight is 212 g/mol. The van der Waals surface area contributed by atoms with Crippen LogP contribution in [-0.4, -0.2) is 5.11 Å². The zero-order valence-corrected chi connectivity index (χ0v) is 7.25. The largest absolute Gasteiger partial charge is 0.508 e. The molecule has 0 aliphatic rings. The monoisotopic (exact) mass is 211 g/mol. The van der Waals surface area contributed by atoms with Gasteiger partial charge in [0.15, 0.2) is 0 Å². The third kappa shape index (κ3) is 1.95. The van der Waals surface area contributed by atoms with E-state index < -0.39 is 0 Å². The molecule has 0 saturated carbocycles. The van der Waals surface area contributed by atoms with Gasteiger partial charge in [0, 0.05) is 0 Å². The number of phenols is 1. The summed E-state index contributed by atoms with van der Waals surface area (Å²) in [6.45, 7) is 0. The van der Waals surface area contributed by atoms with Crippen molar-refractivity contribution in [1.82, 2.24) is 0 Å². The van der Waals surface area contributed by atoms with E-state index in [0.29, 0.717) is 0 Å². The second-order valence-electron chi connectivity index (χ2n) is 2.09. The quantitative estimate of drug-likeness (QED) is 0.726. The second kappa shape index (κ2) is 3.40. The number of phenolic OH excluding ortho intramolecular Hbond substituents is 1. The van der Waals surface area contributed by atoms with E-state index in [1.807, 2.05) is 6.07 Å². The summed E-state index contributed by atoms with van der Waals surface area (Å²) in [6, 6.07) is 8.63. The summed E-state index contributed by atoms with van der Waals surface area (Å²) in [6.07, 6.45) is 0. The van der Waals surface area contributed by atoms with Crippen molar-refractivity contribution in [2.75, 3.05) is 0 Å². The van der Waals surface area contributed by atoms with Crippen LogP contribution >= 0.6 is 15.9 Å². The highest BCUT2D eigenvalue weighted by molar-refractivity contribution is 9.09. The van der Waals surface area contributed by atoms with Gasteiger partial charge in [-0.15, -0.1) is 0 Å². The first-order valence-electron chi connectivity index (χ1n) is 3.06. The van der Waals surface area contributed by atoms with Crippen LogP contribution in [0.4, 0.5) is 0 Å². The Morgan fingerprint density at radius 2 is 2.27 bits per heavy atom. The van der Waals surface area contributed by atoms with Gasteiger partial charge in [-0.2, -0.15) is 5.26 Å². The Labute approximate surface area is 73.2 Å². The van der Waals surface area contributed by atoms with E-state index in [0.717, 1.165) is 5.56 Å². The fraction of sp³-hybridized carbons (Fsp3) is 0.125. The lowest BCUT2D eigenvalue weighted by Crippen LogP contribution is -1.83. The standard InChI is InChI=1S/C8H6BrNO/c9-8(5-10)6-2-1-3-7(11)4-6/h1-4,8,11H. The van der Waals surface area contributed by atoms with Crippen molar-refractivity contribution < 1.29 is 5.11 Å². The van der Waals surface area contributed by atoms with Crippen molar-refractivity contribution >= 4 is 15.9 Å². The van der Waals surface area contributed by atoms with E-state index in [1.54, 1.807) is 24.3 Å². The highest BCUT2D eigenvalue weighted by atomic mass is 79.9. The highest BCUT2D eigenvalue weighted by Crippen LogP contribution is 2.23. The van der Waals surface area contributed by atoms with Crippen LogP contribution in [0.1, 0.15) is 10.4 Å². The maximum atomic E-state index is 9.03. The van der Waals surface area contributed by atoms with Gasteiger partial charge in [-0.05, 0) is 17.7 Å². The van der Waals surface area contributed by atoms with Gasteiger partial charge < -0.3 is 5.11 Å². The number of benzene rings is 1. The van der Waals surface area contributed by atoms with E-state index in [2.05, 4.69) is 15.9 Å². The Balaban J connectivity index is 2.98. The van der Waals surface area contributed by atoms with Crippen LogP contribution in [0.5, 0.6) is 5.75 Å². The number of halogens is 1. The molecule has 1 aromatic rings.